The first-order valence-corrected chi connectivity index (χ1v) is 19.0. The molecule has 0 unspecified atom stereocenters. The molecule has 3 aliphatic heterocycles. The molecule has 0 aromatic carbocycles. The zero-order chi connectivity index (χ0) is 35.3. The number of ether oxygens (including phenoxy) is 1. The zero-order valence-corrected chi connectivity index (χ0v) is 30.6. The number of urea groups is 1. The maximum atomic E-state index is 12.5. The number of unbranched alkanes of at least 4 members (excludes halogenated alkanes) is 4. The van der Waals surface area contributed by atoms with Gasteiger partial charge >= 0.3 is 12.1 Å². The molecular weight excluding hydrogens is 630 g/mol. The maximum absolute atomic E-state index is 12.5. The molecular formula is C32H61N5O9S. The molecule has 3 heterocycles. The van der Waals surface area contributed by atoms with Gasteiger partial charge in [-0.3, -0.25) is 9.63 Å². The van der Waals surface area contributed by atoms with E-state index in [-0.39, 0.29) is 25.9 Å². The van der Waals surface area contributed by atoms with E-state index in [0.717, 1.165) is 4.90 Å². The van der Waals surface area contributed by atoms with E-state index < -0.39 is 52.2 Å². The van der Waals surface area contributed by atoms with Crippen molar-refractivity contribution in [2.45, 2.75) is 143 Å². The lowest BCUT2D eigenvalue weighted by Gasteiger charge is -2.39. The predicted molar refractivity (Wildman–Crippen MR) is 176 cm³/mol. The Kier molecular flexibility index (Phi) is 16.7. The van der Waals surface area contributed by atoms with Gasteiger partial charge in [-0.15, -0.1) is 0 Å². The third-order valence-electron chi connectivity index (χ3n) is 8.86. The lowest BCUT2D eigenvalue weighted by atomic mass is 10.0. The first kappa shape index (κ1) is 41.0. The number of nitrogens with one attached hydrogen (secondary N) is 1. The molecule has 47 heavy (non-hydrogen) atoms. The van der Waals surface area contributed by atoms with E-state index in [1.807, 2.05) is 0 Å². The summed E-state index contributed by atoms with van der Waals surface area (Å²) < 4.78 is 43.4. The van der Waals surface area contributed by atoms with Gasteiger partial charge in [-0.2, -0.15) is 9.35 Å². The smallest absolute Gasteiger partial charge is 0.410 e. The largest absolute Gasteiger partial charge is 0.724 e. The molecule has 0 saturated carbocycles. The molecule has 1 N–H and O–H groups in total. The van der Waals surface area contributed by atoms with Crippen molar-refractivity contribution >= 4 is 28.4 Å². The van der Waals surface area contributed by atoms with Crippen molar-refractivity contribution in [1.82, 2.24) is 20.3 Å². The number of carbonyl (C=O) groups excluding carboxylic acids is 3. The molecule has 3 aliphatic rings. The van der Waals surface area contributed by atoms with Crippen molar-refractivity contribution in [2.75, 3.05) is 45.8 Å². The molecule has 15 heteroatoms. The fraction of sp³-hybridized carbons (Fsp3) is 0.906. The Labute approximate surface area is 282 Å². The van der Waals surface area contributed by atoms with E-state index in [4.69, 9.17) is 9.57 Å². The van der Waals surface area contributed by atoms with Gasteiger partial charge in [-0.25, -0.2) is 23.5 Å². The predicted octanol–water partition coefficient (Wildman–Crippen LogP) is 4.71. The van der Waals surface area contributed by atoms with Gasteiger partial charge in [0.1, 0.15) is 17.7 Å². The highest BCUT2D eigenvalue weighted by Gasteiger charge is 2.49. The average molecular weight is 692 g/mol. The van der Waals surface area contributed by atoms with E-state index in [1.165, 1.54) is 86.9 Å². The van der Waals surface area contributed by atoms with Crippen molar-refractivity contribution in [3.63, 3.8) is 0 Å². The number of quaternary nitrogens is 1. The summed E-state index contributed by atoms with van der Waals surface area (Å²) in [6.45, 7) is 21.0. The molecule has 14 nitrogen and oxygen atoms in total. The van der Waals surface area contributed by atoms with E-state index in [9.17, 15) is 27.4 Å². The summed E-state index contributed by atoms with van der Waals surface area (Å²) in [5, 5.41) is 0.506. The van der Waals surface area contributed by atoms with Gasteiger partial charge in [0.25, 0.3) is 5.91 Å². The highest BCUT2D eigenvalue weighted by atomic mass is 32.3. The second-order valence-corrected chi connectivity index (χ2v) is 15.0. The minimum absolute atomic E-state index is 0.0578. The number of hydrogen-bond acceptors (Lipinski definition) is 9. The van der Waals surface area contributed by atoms with Crippen molar-refractivity contribution in [2.24, 2.45) is 0 Å². The Balaban J connectivity index is 0.000000387. The van der Waals surface area contributed by atoms with Crippen LogP contribution in [0.15, 0.2) is 0 Å². The van der Waals surface area contributed by atoms with E-state index >= 15 is 0 Å². The molecule has 0 aliphatic carbocycles. The maximum Gasteiger partial charge on any atom is 0.410 e. The molecule has 0 spiro atoms. The van der Waals surface area contributed by atoms with Gasteiger partial charge in [0.15, 0.2) is 0 Å². The lowest BCUT2D eigenvalue weighted by Crippen LogP contribution is -2.50. The lowest BCUT2D eigenvalue weighted by molar-refractivity contribution is -0.929. The van der Waals surface area contributed by atoms with Crippen molar-refractivity contribution < 1.29 is 45.7 Å². The van der Waals surface area contributed by atoms with Crippen LogP contribution in [0, 0.1) is 0 Å². The normalized spacial score (nSPS) is 21.5. The third-order valence-corrected chi connectivity index (χ3v) is 9.21. The summed E-state index contributed by atoms with van der Waals surface area (Å²) in [5.41, 5.74) is 1.70. The minimum atomic E-state index is -5.10. The summed E-state index contributed by atoms with van der Waals surface area (Å²) in [7, 11) is -5.10. The average Bonchev–Trinajstić information content (AvgIpc) is 3.57. The Morgan fingerprint density at radius 3 is 1.89 bits per heavy atom. The van der Waals surface area contributed by atoms with Gasteiger partial charge in [-0.05, 0) is 65.7 Å². The minimum Gasteiger partial charge on any atom is -0.724 e. The highest BCUT2D eigenvalue weighted by molar-refractivity contribution is 7.80. The van der Waals surface area contributed by atoms with Crippen LogP contribution in [0.25, 0.3) is 0 Å². The molecule has 3 saturated heterocycles. The summed E-state index contributed by atoms with van der Waals surface area (Å²) in [6.07, 6.45) is 11.2. The standard InChI is InChI=1S/C16H26N4O9S.C16H36N/c1-16(2,3)27-15(23)18-7-6-11(9-18)28-17-13(21)12-5-4-10-8-19(12)14(22)20(10)29-30(24,25)26;1-5-9-13-17(14-10-6-2,15-11-7-3)16-12-8-4/h10-12H,4-9H2,1-3H3,(H,17,21)(H,24,25,26);5-16H2,1-4H3/q;+1/p-1/t10-,11-,12+;/m1./s1. The fourth-order valence-electron chi connectivity index (χ4n) is 6.27. The summed E-state index contributed by atoms with van der Waals surface area (Å²) in [6, 6.07) is -2.38. The first-order valence-electron chi connectivity index (χ1n) is 17.6. The zero-order valence-electron chi connectivity index (χ0n) is 29.8. The second-order valence-electron chi connectivity index (χ2n) is 14.1. The number of carbonyl (C=O) groups is 3. The molecule has 0 radical (unpaired) electrons. The molecule has 3 rings (SSSR count). The van der Waals surface area contributed by atoms with Crippen LogP contribution in [0.3, 0.4) is 0 Å². The van der Waals surface area contributed by atoms with Gasteiger partial charge in [-0.1, -0.05) is 53.4 Å². The molecule has 2 bridgehead atoms. The van der Waals surface area contributed by atoms with Gasteiger partial charge in [0.05, 0.1) is 38.8 Å². The highest BCUT2D eigenvalue weighted by Crippen LogP contribution is 2.31. The van der Waals surface area contributed by atoms with E-state index in [1.54, 1.807) is 20.8 Å². The molecule has 4 amide bonds. The fourth-order valence-corrected chi connectivity index (χ4v) is 6.65. The number of hydroxylamine groups is 3. The number of piperidine rings is 1. The van der Waals surface area contributed by atoms with Crippen molar-refractivity contribution in [1.29, 1.82) is 0 Å². The Bertz CT molecular complexity index is 1060. The molecule has 274 valence electrons. The monoisotopic (exact) mass is 691 g/mol. The number of nitrogens with zero attached hydrogens (tertiary/aromatic N) is 4. The molecule has 0 aromatic rings. The Morgan fingerprint density at radius 2 is 1.43 bits per heavy atom. The van der Waals surface area contributed by atoms with Crippen LogP contribution in [-0.4, -0.2) is 120 Å². The van der Waals surface area contributed by atoms with Crippen LogP contribution in [0.2, 0.25) is 0 Å². The van der Waals surface area contributed by atoms with Crippen LogP contribution in [0.5, 0.6) is 0 Å². The third kappa shape index (κ3) is 13.7. The summed E-state index contributed by atoms with van der Waals surface area (Å²) in [4.78, 5) is 44.9. The Hall–Kier alpha value is -2.20. The number of likely N-dealkylation sites (tertiary alicyclic amines) is 1. The Morgan fingerprint density at radius 1 is 0.894 bits per heavy atom. The van der Waals surface area contributed by atoms with Crippen LogP contribution in [0.1, 0.15) is 119 Å². The van der Waals surface area contributed by atoms with Crippen LogP contribution in [0.4, 0.5) is 9.59 Å². The summed E-state index contributed by atoms with van der Waals surface area (Å²) in [5.74, 6) is -0.579. The second kappa shape index (κ2) is 19.1. The number of hydrogen-bond donors (Lipinski definition) is 1. The van der Waals surface area contributed by atoms with E-state index in [0.29, 0.717) is 18.0 Å². The van der Waals surface area contributed by atoms with Crippen LogP contribution in [-0.2, 0) is 29.1 Å². The van der Waals surface area contributed by atoms with Crippen molar-refractivity contribution in [3.05, 3.63) is 0 Å². The number of rotatable bonds is 17. The molecule has 3 fully saturated rings. The molecule has 3 atom stereocenters. The quantitative estimate of drug-likeness (QED) is 0.0987. The summed E-state index contributed by atoms with van der Waals surface area (Å²) >= 11 is 0. The van der Waals surface area contributed by atoms with Crippen molar-refractivity contribution in [3.8, 4) is 0 Å². The first-order chi connectivity index (χ1) is 22.1. The van der Waals surface area contributed by atoms with Crippen LogP contribution >= 0.6 is 0 Å². The molecule has 0 aromatic heterocycles. The number of amides is 4. The van der Waals surface area contributed by atoms with Crippen LogP contribution < -0.4 is 5.48 Å². The topological polar surface area (TPSA) is 158 Å². The van der Waals surface area contributed by atoms with Gasteiger partial charge in [0.2, 0.25) is 10.4 Å². The van der Waals surface area contributed by atoms with Gasteiger partial charge < -0.3 is 23.6 Å². The SMILES string of the molecule is CC(C)(C)OC(=O)N1CC[C@@H](ONC(=O)[C@@H]2CC[C@@H]3CN2C(=O)N3OS(=O)(=O)[O-])C1.CCCC[N+](CCCC)(CCCC)CCCC. The van der Waals surface area contributed by atoms with Gasteiger partial charge in [0, 0.05) is 13.1 Å². The number of fused-ring (bicyclic) bond motifs is 2. The van der Waals surface area contributed by atoms with E-state index in [2.05, 4.69) is 37.5 Å².